The van der Waals surface area contributed by atoms with E-state index in [0.29, 0.717) is 23.6 Å². The highest BCUT2D eigenvalue weighted by Crippen LogP contribution is 2.15. The van der Waals surface area contributed by atoms with E-state index in [2.05, 4.69) is 19.2 Å². The average molecular weight is 213 g/mol. The standard InChI is InChI=1S/C12H17F2N/c1-8(2)6-15-7-10-5-4-9(3)11(13)12(10)14/h4-5,8,15H,6-7H2,1-3H3. The van der Waals surface area contributed by atoms with Crippen molar-refractivity contribution in [1.82, 2.24) is 5.32 Å². The lowest BCUT2D eigenvalue weighted by atomic mass is 10.1. The first-order valence-electron chi connectivity index (χ1n) is 5.16. The van der Waals surface area contributed by atoms with Gasteiger partial charge in [0, 0.05) is 12.1 Å². The second kappa shape index (κ2) is 5.21. The number of hydrogen-bond acceptors (Lipinski definition) is 1. The summed E-state index contributed by atoms with van der Waals surface area (Å²) in [4.78, 5) is 0. The largest absolute Gasteiger partial charge is 0.312 e. The lowest BCUT2D eigenvalue weighted by Gasteiger charge is -2.09. The maximum absolute atomic E-state index is 13.4. The molecule has 1 aromatic rings. The maximum atomic E-state index is 13.4. The molecule has 0 saturated heterocycles. The van der Waals surface area contributed by atoms with Crippen molar-refractivity contribution in [3.05, 3.63) is 34.9 Å². The zero-order chi connectivity index (χ0) is 11.4. The fraction of sp³-hybridized carbons (Fsp3) is 0.500. The topological polar surface area (TPSA) is 12.0 Å². The molecular formula is C12H17F2N. The summed E-state index contributed by atoms with van der Waals surface area (Å²) >= 11 is 0. The Morgan fingerprint density at radius 3 is 2.47 bits per heavy atom. The summed E-state index contributed by atoms with van der Waals surface area (Å²) in [6, 6.07) is 3.23. The molecule has 0 aromatic heterocycles. The van der Waals surface area contributed by atoms with Gasteiger partial charge in [-0.1, -0.05) is 26.0 Å². The van der Waals surface area contributed by atoms with E-state index >= 15 is 0 Å². The molecule has 0 atom stereocenters. The van der Waals surface area contributed by atoms with Gasteiger partial charge in [0.25, 0.3) is 0 Å². The van der Waals surface area contributed by atoms with E-state index in [1.54, 1.807) is 19.1 Å². The Balaban J connectivity index is 2.66. The van der Waals surface area contributed by atoms with Gasteiger partial charge in [-0.3, -0.25) is 0 Å². The number of hydrogen-bond donors (Lipinski definition) is 1. The van der Waals surface area contributed by atoms with Gasteiger partial charge in [-0.25, -0.2) is 8.78 Å². The number of rotatable bonds is 4. The van der Waals surface area contributed by atoms with Crippen LogP contribution in [0.25, 0.3) is 0 Å². The average Bonchev–Trinajstić information content (AvgIpc) is 2.18. The van der Waals surface area contributed by atoms with E-state index in [1.165, 1.54) is 0 Å². The summed E-state index contributed by atoms with van der Waals surface area (Å²) in [5.41, 5.74) is 0.735. The van der Waals surface area contributed by atoms with Crippen LogP contribution in [0.3, 0.4) is 0 Å². The number of aryl methyl sites for hydroxylation is 1. The van der Waals surface area contributed by atoms with Crippen LogP contribution in [-0.4, -0.2) is 6.54 Å². The Hall–Kier alpha value is -0.960. The molecule has 3 heteroatoms. The fourth-order valence-corrected chi connectivity index (χ4v) is 1.32. The molecule has 0 amide bonds. The Bertz CT molecular complexity index is 335. The molecule has 0 aliphatic rings. The van der Waals surface area contributed by atoms with Gasteiger partial charge < -0.3 is 5.32 Å². The van der Waals surface area contributed by atoms with Gasteiger partial charge in [0.1, 0.15) is 0 Å². The Morgan fingerprint density at radius 2 is 1.87 bits per heavy atom. The second-order valence-electron chi connectivity index (χ2n) is 4.19. The van der Waals surface area contributed by atoms with Gasteiger partial charge in [0.05, 0.1) is 0 Å². The zero-order valence-corrected chi connectivity index (χ0v) is 9.40. The van der Waals surface area contributed by atoms with E-state index in [0.717, 1.165) is 6.54 Å². The van der Waals surface area contributed by atoms with E-state index in [9.17, 15) is 8.78 Å². The van der Waals surface area contributed by atoms with Gasteiger partial charge >= 0.3 is 0 Å². The molecule has 0 fully saturated rings. The van der Waals surface area contributed by atoms with Crippen molar-refractivity contribution in [2.45, 2.75) is 27.3 Å². The van der Waals surface area contributed by atoms with Crippen LogP contribution < -0.4 is 5.32 Å². The molecule has 1 N–H and O–H groups in total. The van der Waals surface area contributed by atoms with Crippen LogP contribution in [-0.2, 0) is 6.54 Å². The van der Waals surface area contributed by atoms with Gasteiger partial charge in [-0.2, -0.15) is 0 Å². The van der Waals surface area contributed by atoms with Crippen LogP contribution >= 0.6 is 0 Å². The normalized spacial score (nSPS) is 11.1. The summed E-state index contributed by atoms with van der Waals surface area (Å²) in [6.07, 6.45) is 0. The predicted molar refractivity (Wildman–Crippen MR) is 57.6 cm³/mol. The van der Waals surface area contributed by atoms with Crippen LogP contribution in [0.5, 0.6) is 0 Å². The van der Waals surface area contributed by atoms with E-state index in [-0.39, 0.29) is 0 Å². The van der Waals surface area contributed by atoms with Crippen molar-refractivity contribution < 1.29 is 8.78 Å². The van der Waals surface area contributed by atoms with Gasteiger partial charge in [0.2, 0.25) is 0 Å². The van der Waals surface area contributed by atoms with Crippen molar-refractivity contribution in [2.24, 2.45) is 5.92 Å². The second-order valence-corrected chi connectivity index (χ2v) is 4.19. The Morgan fingerprint density at radius 1 is 1.20 bits per heavy atom. The van der Waals surface area contributed by atoms with Crippen LogP contribution in [0.2, 0.25) is 0 Å². The first-order chi connectivity index (χ1) is 7.02. The third-order valence-corrected chi connectivity index (χ3v) is 2.22. The minimum atomic E-state index is -0.737. The van der Waals surface area contributed by atoms with Gasteiger partial charge in [-0.05, 0) is 24.9 Å². The molecule has 0 bridgehead atoms. The molecule has 15 heavy (non-hydrogen) atoms. The van der Waals surface area contributed by atoms with E-state index < -0.39 is 11.6 Å². The summed E-state index contributed by atoms with van der Waals surface area (Å²) < 4.78 is 26.5. The lowest BCUT2D eigenvalue weighted by Crippen LogP contribution is -2.20. The predicted octanol–water partition coefficient (Wildman–Crippen LogP) is 3.02. The van der Waals surface area contributed by atoms with Gasteiger partial charge in [-0.15, -0.1) is 0 Å². The van der Waals surface area contributed by atoms with Crippen molar-refractivity contribution >= 4 is 0 Å². The highest BCUT2D eigenvalue weighted by Gasteiger charge is 2.10. The molecule has 0 aliphatic carbocycles. The maximum Gasteiger partial charge on any atom is 0.163 e. The summed E-state index contributed by atoms with van der Waals surface area (Å²) in [6.45, 7) is 6.87. The monoisotopic (exact) mass is 213 g/mol. The molecule has 1 aromatic carbocycles. The van der Waals surface area contributed by atoms with Crippen molar-refractivity contribution in [1.29, 1.82) is 0 Å². The summed E-state index contributed by atoms with van der Waals surface area (Å²) in [5.74, 6) is -0.964. The van der Waals surface area contributed by atoms with Crippen LogP contribution in [0.15, 0.2) is 12.1 Å². The van der Waals surface area contributed by atoms with E-state index in [1.807, 2.05) is 0 Å². The number of nitrogens with one attached hydrogen (secondary N) is 1. The molecule has 0 unspecified atom stereocenters. The molecule has 1 rings (SSSR count). The first-order valence-corrected chi connectivity index (χ1v) is 5.16. The smallest absolute Gasteiger partial charge is 0.163 e. The number of benzene rings is 1. The van der Waals surface area contributed by atoms with Crippen LogP contribution in [0, 0.1) is 24.5 Å². The third-order valence-electron chi connectivity index (χ3n) is 2.22. The molecule has 1 nitrogen and oxygen atoms in total. The van der Waals surface area contributed by atoms with Crippen LogP contribution in [0.1, 0.15) is 25.0 Å². The molecule has 0 radical (unpaired) electrons. The highest BCUT2D eigenvalue weighted by atomic mass is 19.2. The minimum absolute atomic E-state index is 0.347. The van der Waals surface area contributed by atoms with E-state index in [4.69, 9.17) is 0 Å². The Kier molecular flexibility index (Phi) is 4.21. The Labute approximate surface area is 89.5 Å². The molecular weight excluding hydrogens is 196 g/mol. The molecule has 0 heterocycles. The fourth-order valence-electron chi connectivity index (χ4n) is 1.32. The number of halogens is 2. The highest BCUT2D eigenvalue weighted by molar-refractivity contribution is 5.25. The molecule has 0 spiro atoms. The lowest BCUT2D eigenvalue weighted by molar-refractivity contribution is 0.481. The summed E-state index contributed by atoms with van der Waals surface area (Å²) in [7, 11) is 0. The van der Waals surface area contributed by atoms with Crippen molar-refractivity contribution in [2.75, 3.05) is 6.54 Å². The first kappa shape index (κ1) is 12.1. The minimum Gasteiger partial charge on any atom is -0.312 e. The molecule has 0 aliphatic heterocycles. The van der Waals surface area contributed by atoms with Gasteiger partial charge in [0.15, 0.2) is 11.6 Å². The molecule has 84 valence electrons. The zero-order valence-electron chi connectivity index (χ0n) is 9.40. The SMILES string of the molecule is Cc1ccc(CNCC(C)C)c(F)c1F. The molecule has 0 saturated carbocycles. The summed E-state index contributed by atoms with van der Waals surface area (Å²) in [5, 5.41) is 3.08. The van der Waals surface area contributed by atoms with Crippen LogP contribution in [0.4, 0.5) is 8.78 Å². The van der Waals surface area contributed by atoms with Crippen molar-refractivity contribution in [3.63, 3.8) is 0 Å². The third kappa shape index (κ3) is 3.27. The van der Waals surface area contributed by atoms with Crippen molar-refractivity contribution in [3.8, 4) is 0 Å². The quantitative estimate of drug-likeness (QED) is 0.810.